The smallest absolute Gasteiger partial charge is 0.180 e. The molecule has 0 unspecified atom stereocenters. The van der Waals surface area contributed by atoms with Gasteiger partial charge in [-0.3, -0.25) is 0 Å². The zero-order chi connectivity index (χ0) is 16.8. The second-order valence-corrected chi connectivity index (χ2v) is 7.03. The van der Waals surface area contributed by atoms with Crippen LogP contribution in [0.1, 0.15) is 11.1 Å². The second-order valence-electron chi connectivity index (χ2n) is 5.18. The number of halogens is 1. The van der Waals surface area contributed by atoms with E-state index in [2.05, 4.69) is 56.5 Å². The molecule has 0 aromatic heterocycles. The maximum absolute atomic E-state index is 5.89. The van der Waals surface area contributed by atoms with E-state index in [4.69, 9.17) is 5.73 Å². The largest absolute Gasteiger partial charge is 0.377 e. The number of hydrogen-bond donors (Lipinski definition) is 1. The summed E-state index contributed by atoms with van der Waals surface area (Å²) in [5.41, 5.74) is 8.09. The Morgan fingerprint density at radius 2 is 1.88 bits per heavy atom. The van der Waals surface area contributed by atoms with Gasteiger partial charge >= 0.3 is 0 Å². The molecule has 0 saturated heterocycles. The van der Waals surface area contributed by atoms with Gasteiger partial charge in [-0.05, 0) is 34.0 Å². The second kappa shape index (κ2) is 8.13. The van der Waals surface area contributed by atoms with E-state index in [0.717, 1.165) is 21.2 Å². The van der Waals surface area contributed by atoms with Gasteiger partial charge in [-0.25, -0.2) is 0 Å². The highest BCUT2D eigenvalue weighted by atomic mass is 79.9. The number of hydrogen-bond acceptors (Lipinski definition) is 3. The molecule has 0 heterocycles. The Morgan fingerprint density at radius 1 is 1.04 bits per heavy atom. The van der Waals surface area contributed by atoms with E-state index in [1.165, 1.54) is 22.7 Å². The summed E-state index contributed by atoms with van der Waals surface area (Å²) in [4.78, 5) is 0. The van der Waals surface area contributed by atoms with Crippen LogP contribution in [0.5, 0.6) is 0 Å². The maximum Gasteiger partial charge on any atom is 0.180 e. The first-order valence-electron chi connectivity index (χ1n) is 7.44. The van der Waals surface area contributed by atoms with Crippen LogP contribution >= 0.6 is 27.7 Å². The predicted octanol–water partition coefficient (Wildman–Crippen LogP) is 5.18. The zero-order valence-electron chi connectivity index (χ0n) is 12.9. The lowest BCUT2D eigenvalue weighted by atomic mass is 10.1. The van der Waals surface area contributed by atoms with Crippen molar-refractivity contribution in [1.82, 2.24) is 0 Å². The van der Waals surface area contributed by atoms with E-state index in [0.29, 0.717) is 5.17 Å². The zero-order valence-corrected chi connectivity index (χ0v) is 15.3. The van der Waals surface area contributed by atoms with Crippen molar-refractivity contribution in [3.63, 3.8) is 0 Å². The van der Waals surface area contributed by atoms with Gasteiger partial charge in [0, 0.05) is 10.2 Å². The Kier molecular flexibility index (Phi) is 5.67. The van der Waals surface area contributed by atoms with E-state index in [9.17, 15) is 0 Å². The molecule has 2 N–H and O–H groups in total. The molecule has 0 saturated carbocycles. The molecule has 24 heavy (non-hydrogen) atoms. The number of fused-ring (bicyclic) bond motifs is 1. The fourth-order valence-electron chi connectivity index (χ4n) is 2.25. The quantitative estimate of drug-likeness (QED) is 0.374. The number of nitrogens with zero attached hydrogens (tertiary/aromatic N) is 2. The molecule has 0 fully saturated rings. The van der Waals surface area contributed by atoms with Crippen LogP contribution in [0.25, 0.3) is 10.8 Å². The van der Waals surface area contributed by atoms with Crippen LogP contribution in [0.3, 0.4) is 0 Å². The van der Waals surface area contributed by atoms with E-state index in [1.807, 2.05) is 36.4 Å². The van der Waals surface area contributed by atoms with Crippen LogP contribution in [-0.2, 0) is 5.75 Å². The van der Waals surface area contributed by atoms with Crippen molar-refractivity contribution in [1.29, 1.82) is 0 Å². The molecule has 3 aromatic carbocycles. The number of rotatable bonds is 4. The van der Waals surface area contributed by atoms with E-state index >= 15 is 0 Å². The van der Waals surface area contributed by atoms with Crippen LogP contribution < -0.4 is 5.73 Å². The molecule has 3 aromatic rings. The third-order valence-corrected chi connectivity index (χ3v) is 4.99. The summed E-state index contributed by atoms with van der Waals surface area (Å²) in [6.07, 6.45) is 1.72. The van der Waals surface area contributed by atoms with E-state index in [-0.39, 0.29) is 0 Å². The van der Waals surface area contributed by atoms with Gasteiger partial charge < -0.3 is 5.73 Å². The fraction of sp³-hybridized carbons (Fsp3) is 0.0526. The molecule has 0 radical (unpaired) electrons. The van der Waals surface area contributed by atoms with Crippen LogP contribution in [0.2, 0.25) is 0 Å². The molecule has 0 spiro atoms. The lowest BCUT2D eigenvalue weighted by molar-refractivity contribution is 1.25. The summed E-state index contributed by atoms with van der Waals surface area (Å²) in [6.45, 7) is 0. The number of benzene rings is 3. The predicted molar refractivity (Wildman–Crippen MR) is 109 cm³/mol. The minimum absolute atomic E-state index is 0.456. The lowest BCUT2D eigenvalue weighted by Crippen LogP contribution is -2.05. The lowest BCUT2D eigenvalue weighted by Gasteiger charge is -2.01. The van der Waals surface area contributed by atoms with Crippen molar-refractivity contribution in [2.45, 2.75) is 5.75 Å². The van der Waals surface area contributed by atoms with Crippen LogP contribution in [0.15, 0.2) is 81.4 Å². The maximum atomic E-state index is 5.89. The monoisotopic (exact) mass is 397 g/mol. The SMILES string of the molecule is NC(=NN=Cc1ccc2cccc(Br)c2c1)SCc1ccccc1. The van der Waals surface area contributed by atoms with Gasteiger partial charge in [0.25, 0.3) is 0 Å². The van der Waals surface area contributed by atoms with E-state index < -0.39 is 0 Å². The van der Waals surface area contributed by atoms with E-state index in [1.54, 1.807) is 6.21 Å². The number of nitrogens with two attached hydrogens (primary N) is 1. The van der Waals surface area contributed by atoms with Crippen molar-refractivity contribution < 1.29 is 0 Å². The summed E-state index contributed by atoms with van der Waals surface area (Å²) >= 11 is 5.05. The first kappa shape index (κ1) is 16.7. The average molecular weight is 398 g/mol. The van der Waals surface area contributed by atoms with Gasteiger partial charge in [-0.2, -0.15) is 5.10 Å². The van der Waals surface area contributed by atoms with Gasteiger partial charge in [-0.15, -0.1) is 5.10 Å². The van der Waals surface area contributed by atoms with Gasteiger partial charge in [0.2, 0.25) is 0 Å². The Morgan fingerprint density at radius 3 is 2.71 bits per heavy atom. The van der Waals surface area contributed by atoms with Crippen molar-refractivity contribution in [3.8, 4) is 0 Å². The van der Waals surface area contributed by atoms with Crippen LogP contribution in [0, 0.1) is 0 Å². The standard InChI is InChI=1S/C19H16BrN3S/c20-18-8-4-7-16-10-9-15(11-17(16)18)12-22-23-19(21)24-13-14-5-2-1-3-6-14/h1-12H,13H2,(H2,21,23). The topological polar surface area (TPSA) is 50.7 Å². The Labute approximate surface area is 153 Å². The Balaban J connectivity index is 1.65. The van der Waals surface area contributed by atoms with Gasteiger partial charge in [0.15, 0.2) is 5.17 Å². The number of amidine groups is 1. The van der Waals surface area contributed by atoms with Crippen LogP contribution in [-0.4, -0.2) is 11.4 Å². The van der Waals surface area contributed by atoms with Gasteiger partial charge in [0.05, 0.1) is 6.21 Å². The summed E-state index contributed by atoms with van der Waals surface area (Å²) < 4.78 is 1.07. The molecule has 120 valence electrons. The van der Waals surface area contributed by atoms with Crippen molar-refractivity contribution in [3.05, 3.63) is 82.3 Å². The van der Waals surface area contributed by atoms with Crippen LogP contribution in [0.4, 0.5) is 0 Å². The third-order valence-electron chi connectivity index (χ3n) is 3.45. The third kappa shape index (κ3) is 4.46. The molecular weight excluding hydrogens is 382 g/mol. The highest BCUT2D eigenvalue weighted by molar-refractivity contribution is 9.10. The van der Waals surface area contributed by atoms with Crippen molar-refractivity contribution in [2.24, 2.45) is 15.9 Å². The number of thioether (sulfide) groups is 1. The summed E-state index contributed by atoms with van der Waals surface area (Å²) in [7, 11) is 0. The van der Waals surface area contributed by atoms with Gasteiger partial charge in [-0.1, -0.05) is 82.3 Å². The molecule has 0 aliphatic carbocycles. The summed E-state index contributed by atoms with van der Waals surface area (Å²) in [5, 5.41) is 10.9. The fourth-order valence-corrected chi connectivity index (χ4v) is 3.35. The molecule has 0 atom stereocenters. The normalized spacial score (nSPS) is 12.1. The Bertz CT molecular complexity index is 892. The van der Waals surface area contributed by atoms with Crippen molar-refractivity contribution in [2.75, 3.05) is 0 Å². The molecule has 0 amide bonds. The first-order chi connectivity index (χ1) is 11.7. The van der Waals surface area contributed by atoms with Gasteiger partial charge in [0.1, 0.15) is 0 Å². The molecule has 0 aliphatic heterocycles. The molecular formula is C19H16BrN3S. The summed E-state index contributed by atoms with van der Waals surface area (Å²) in [6, 6.07) is 22.4. The highest BCUT2D eigenvalue weighted by Crippen LogP contribution is 2.24. The first-order valence-corrected chi connectivity index (χ1v) is 9.22. The highest BCUT2D eigenvalue weighted by Gasteiger charge is 1.99. The molecule has 5 heteroatoms. The Hall–Kier alpha value is -2.11. The molecule has 0 bridgehead atoms. The molecule has 3 nitrogen and oxygen atoms in total. The minimum atomic E-state index is 0.456. The molecule has 0 aliphatic rings. The molecule has 3 rings (SSSR count). The summed E-state index contributed by atoms with van der Waals surface area (Å²) in [5.74, 6) is 0.786. The average Bonchev–Trinajstić information content (AvgIpc) is 2.61. The minimum Gasteiger partial charge on any atom is -0.377 e. The van der Waals surface area contributed by atoms with Crippen molar-refractivity contribution >= 4 is 49.8 Å².